The van der Waals surface area contributed by atoms with E-state index in [0.29, 0.717) is 17.2 Å². The molecule has 0 aromatic heterocycles. The molecule has 0 aliphatic heterocycles. The van der Waals surface area contributed by atoms with E-state index in [1.165, 1.54) is 12.1 Å². The van der Waals surface area contributed by atoms with Gasteiger partial charge in [0.05, 0.1) is 12.6 Å². The van der Waals surface area contributed by atoms with Crippen LogP contribution in [0.2, 0.25) is 5.02 Å². The van der Waals surface area contributed by atoms with Crippen LogP contribution in [0.15, 0.2) is 40.9 Å². The van der Waals surface area contributed by atoms with Gasteiger partial charge in [0.25, 0.3) is 0 Å². The Morgan fingerprint density at radius 1 is 1.25 bits per heavy atom. The van der Waals surface area contributed by atoms with Crippen molar-refractivity contribution < 1.29 is 9.13 Å². The standard InChI is InChI=1S/C15H14BrClFNO/c1-2-20-10-4-6-11(13(16)8-10)15(19)12-5-3-9(18)7-14(12)17/h3-8,15H,2,19H2,1H3. The van der Waals surface area contributed by atoms with Crippen molar-refractivity contribution in [3.05, 3.63) is 62.8 Å². The molecule has 0 spiro atoms. The summed E-state index contributed by atoms with van der Waals surface area (Å²) in [5.41, 5.74) is 7.76. The van der Waals surface area contributed by atoms with Crippen LogP contribution in [0.3, 0.4) is 0 Å². The van der Waals surface area contributed by atoms with Crippen LogP contribution in [0, 0.1) is 5.82 Å². The Balaban J connectivity index is 2.35. The minimum Gasteiger partial charge on any atom is -0.494 e. The zero-order valence-corrected chi connectivity index (χ0v) is 13.2. The lowest BCUT2D eigenvalue weighted by molar-refractivity contribution is 0.340. The highest BCUT2D eigenvalue weighted by Crippen LogP contribution is 2.33. The summed E-state index contributed by atoms with van der Waals surface area (Å²) in [4.78, 5) is 0. The number of hydrogen-bond acceptors (Lipinski definition) is 2. The lowest BCUT2D eigenvalue weighted by Crippen LogP contribution is -2.13. The Morgan fingerprint density at radius 3 is 2.55 bits per heavy atom. The molecule has 2 nitrogen and oxygen atoms in total. The topological polar surface area (TPSA) is 35.2 Å². The van der Waals surface area contributed by atoms with Crippen LogP contribution >= 0.6 is 27.5 Å². The Labute approximate surface area is 130 Å². The molecule has 0 aliphatic rings. The fraction of sp³-hybridized carbons (Fsp3) is 0.200. The van der Waals surface area contributed by atoms with E-state index in [1.54, 1.807) is 6.07 Å². The molecule has 106 valence electrons. The van der Waals surface area contributed by atoms with Gasteiger partial charge in [0, 0.05) is 9.50 Å². The normalized spacial score (nSPS) is 12.2. The number of hydrogen-bond donors (Lipinski definition) is 1. The zero-order valence-electron chi connectivity index (χ0n) is 10.9. The van der Waals surface area contributed by atoms with Gasteiger partial charge in [0.1, 0.15) is 11.6 Å². The Morgan fingerprint density at radius 2 is 1.95 bits per heavy atom. The van der Waals surface area contributed by atoms with Crippen molar-refractivity contribution in [1.29, 1.82) is 0 Å². The molecule has 1 atom stereocenters. The number of rotatable bonds is 4. The maximum Gasteiger partial charge on any atom is 0.124 e. The molecule has 0 radical (unpaired) electrons. The van der Waals surface area contributed by atoms with E-state index < -0.39 is 6.04 Å². The van der Waals surface area contributed by atoms with Crippen molar-refractivity contribution in [3.8, 4) is 5.75 Å². The summed E-state index contributed by atoms with van der Waals surface area (Å²) in [5.74, 6) is 0.386. The van der Waals surface area contributed by atoms with Gasteiger partial charge in [-0.15, -0.1) is 0 Å². The van der Waals surface area contributed by atoms with Crippen molar-refractivity contribution in [2.75, 3.05) is 6.61 Å². The number of nitrogens with two attached hydrogens (primary N) is 1. The van der Waals surface area contributed by atoms with E-state index >= 15 is 0 Å². The highest BCUT2D eigenvalue weighted by atomic mass is 79.9. The van der Waals surface area contributed by atoms with Crippen LogP contribution < -0.4 is 10.5 Å². The van der Waals surface area contributed by atoms with Crippen LogP contribution in [0.25, 0.3) is 0 Å². The number of benzene rings is 2. The molecule has 0 heterocycles. The zero-order chi connectivity index (χ0) is 14.7. The molecular weight excluding hydrogens is 345 g/mol. The molecule has 0 saturated heterocycles. The molecule has 2 aromatic rings. The van der Waals surface area contributed by atoms with Crippen LogP contribution in [0.1, 0.15) is 24.1 Å². The van der Waals surface area contributed by atoms with Gasteiger partial charge in [-0.1, -0.05) is 39.7 Å². The van der Waals surface area contributed by atoms with Gasteiger partial charge < -0.3 is 10.5 Å². The van der Waals surface area contributed by atoms with Crippen molar-refractivity contribution in [2.45, 2.75) is 13.0 Å². The van der Waals surface area contributed by atoms with Crippen molar-refractivity contribution >= 4 is 27.5 Å². The Bertz CT molecular complexity index is 621. The van der Waals surface area contributed by atoms with E-state index in [2.05, 4.69) is 15.9 Å². The first-order valence-electron chi connectivity index (χ1n) is 6.15. The van der Waals surface area contributed by atoms with Gasteiger partial charge in [0.2, 0.25) is 0 Å². The maximum atomic E-state index is 13.1. The van der Waals surface area contributed by atoms with Crippen molar-refractivity contribution in [3.63, 3.8) is 0 Å². The Hall–Kier alpha value is -1.10. The van der Waals surface area contributed by atoms with Gasteiger partial charge in [-0.2, -0.15) is 0 Å². The summed E-state index contributed by atoms with van der Waals surface area (Å²) >= 11 is 9.52. The van der Waals surface area contributed by atoms with E-state index in [9.17, 15) is 4.39 Å². The van der Waals surface area contributed by atoms with Crippen molar-refractivity contribution in [2.24, 2.45) is 5.73 Å². The van der Waals surface area contributed by atoms with Gasteiger partial charge in [-0.3, -0.25) is 0 Å². The van der Waals surface area contributed by atoms with E-state index in [1.807, 2.05) is 25.1 Å². The second kappa shape index (κ2) is 6.57. The lowest BCUT2D eigenvalue weighted by atomic mass is 9.99. The summed E-state index contributed by atoms with van der Waals surface area (Å²) in [5, 5.41) is 0.318. The second-order valence-corrected chi connectivity index (χ2v) is 5.52. The first-order chi connectivity index (χ1) is 9.52. The van der Waals surface area contributed by atoms with Gasteiger partial charge in [-0.05, 0) is 42.3 Å². The molecule has 5 heteroatoms. The summed E-state index contributed by atoms with van der Waals surface area (Å²) in [7, 11) is 0. The van der Waals surface area contributed by atoms with Gasteiger partial charge >= 0.3 is 0 Å². The van der Waals surface area contributed by atoms with Crippen LogP contribution in [0.5, 0.6) is 5.75 Å². The SMILES string of the molecule is CCOc1ccc(C(N)c2ccc(F)cc2Cl)c(Br)c1. The molecule has 2 aromatic carbocycles. The molecule has 2 N–H and O–H groups in total. The van der Waals surface area contributed by atoms with Crippen LogP contribution in [-0.4, -0.2) is 6.61 Å². The molecule has 0 amide bonds. The summed E-state index contributed by atoms with van der Waals surface area (Å²) < 4.78 is 19.3. The summed E-state index contributed by atoms with van der Waals surface area (Å²) in [6.07, 6.45) is 0. The predicted molar refractivity (Wildman–Crippen MR) is 82.8 cm³/mol. The quantitative estimate of drug-likeness (QED) is 0.860. The molecule has 0 fully saturated rings. The third-order valence-electron chi connectivity index (χ3n) is 2.92. The summed E-state index contributed by atoms with van der Waals surface area (Å²) in [6, 6.07) is 9.36. The lowest BCUT2D eigenvalue weighted by Gasteiger charge is -2.17. The van der Waals surface area contributed by atoms with Crippen LogP contribution in [0.4, 0.5) is 4.39 Å². The second-order valence-electron chi connectivity index (χ2n) is 4.26. The number of halogens is 3. The largest absolute Gasteiger partial charge is 0.494 e. The van der Waals surface area contributed by atoms with Crippen molar-refractivity contribution in [1.82, 2.24) is 0 Å². The van der Waals surface area contributed by atoms with E-state index in [0.717, 1.165) is 15.8 Å². The minimum absolute atomic E-state index is 0.318. The average molecular weight is 359 g/mol. The first-order valence-corrected chi connectivity index (χ1v) is 7.32. The monoisotopic (exact) mass is 357 g/mol. The molecule has 0 saturated carbocycles. The predicted octanol–water partition coefficient (Wildman–Crippen LogP) is 4.69. The van der Waals surface area contributed by atoms with Gasteiger partial charge in [0.15, 0.2) is 0 Å². The molecule has 0 aliphatic carbocycles. The highest BCUT2D eigenvalue weighted by molar-refractivity contribution is 9.10. The fourth-order valence-electron chi connectivity index (χ4n) is 1.94. The third-order valence-corrected chi connectivity index (χ3v) is 3.93. The molecule has 2 rings (SSSR count). The smallest absolute Gasteiger partial charge is 0.124 e. The van der Waals surface area contributed by atoms with E-state index in [4.69, 9.17) is 22.1 Å². The first kappa shape index (κ1) is 15.3. The molecular formula is C15H14BrClFNO. The molecule has 0 bridgehead atoms. The third kappa shape index (κ3) is 3.32. The molecule has 20 heavy (non-hydrogen) atoms. The summed E-state index contributed by atoms with van der Waals surface area (Å²) in [6.45, 7) is 2.52. The minimum atomic E-state index is -0.437. The maximum absolute atomic E-state index is 13.1. The van der Waals surface area contributed by atoms with Gasteiger partial charge in [-0.25, -0.2) is 4.39 Å². The fourth-order valence-corrected chi connectivity index (χ4v) is 2.83. The highest BCUT2D eigenvalue weighted by Gasteiger charge is 2.16. The number of ether oxygens (including phenoxy) is 1. The Kier molecular flexibility index (Phi) is 5.02. The van der Waals surface area contributed by atoms with Crippen LogP contribution in [-0.2, 0) is 0 Å². The van der Waals surface area contributed by atoms with E-state index in [-0.39, 0.29) is 5.82 Å². The average Bonchev–Trinajstić information content (AvgIpc) is 2.38. The molecule has 1 unspecified atom stereocenters.